The standard InChI is InChI=1S/C22H30N6O4/c1-22(2)13-27(15-7-5-6-8-15)19-18(26(3)20(22)29)12-23-21(25-19)24-14-9-16(28(30)31)11-17(10-14)32-4/h9-10,12,15,17H,5-8,11,13H2,1-4H3,(H,23,24,25). The first-order valence-corrected chi connectivity index (χ1v) is 11.0. The molecule has 0 radical (unpaired) electrons. The van der Waals surface area contributed by atoms with Crippen LogP contribution in [0.1, 0.15) is 46.0 Å². The summed E-state index contributed by atoms with van der Waals surface area (Å²) in [5.74, 6) is 1.07. The summed E-state index contributed by atoms with van der Waals surface area (Å²) in [6, 6.07) is 0.322. The highest BCUT2D eigenvalue weighted by Gasteiger charge is 2.41. The number of nitrogens with one attached hydrogen (secondary N) is 1. The molecular weight excluding hydrogens is 412 g/mol. The molecule has 32 heavy (non-hydrogen) atoms. The van der Waals surface area contributed by atoms with Gasteiger partial charge in [-0.15, -0.1) is 0 Å². The summed E-state index contributed by atoms with van der Waals surface area (Å²) in [6.07, 6.45) is 9.19. The van der Waals surface area contributed by atoms with E-state index in [0.717, 1.165) is 25.7 Å². The second-order valence-electron chi connectivity index (χ2n) is 9.33. The Balaban J connectivity index is 1.71. The van der Waals surface area contributed by atoms with Crippen molar-refractivity contribution >= 4 is 23.4 Å². The number of carbonyl (C=O) groups excluding carboxylic acids is 1. The molecule has 1 N–H and O–H groups in total. The van der Waals surface area contributed by atoms with Crippen molar-refractivity contribution in [2.75, 3.05) is 35.8 Å². The largest absolute Gasteiger partial charge is 0.377 e. The van der Waals surface area contributed by atoms with Crippen molar-refractivity contribution in [3.8, 4) is 0 Å². The summed E-state index contributed by atoms with van der Waals surface area (Å²) in [4.78, 5) is 37.1. The van der Waals surface area contributed by atoms with Gasteiger partial charge in [-0.3, -0.25) is 14.9 Å². The number of amides is 1. The van der Waals surface area contributed by atoms with E-state index in [-0.39, 0.29) is 18.0 Å². The van der Waals surface area contributed by atoms with E-state index < -0.39 is 16.4 Å². The molecule has 0 aromatic carbocycles. The highest BCUT2D eigenvalue weighted by molar-refractivity contribution is 6.00. The minimum Gasteiger partial charge on any atom is -0.377 e. The highest BCUT2D eigenvalue weighted by Crippen LogP contribution is 2.40. The molecule has 0 saturated heterocycles. The zero-order valence-electron chi connectivity index (χ0n) is 19.0. The van der Waals surface area contributed by atoms with Crippen LogP contribution in [0.5, 0.6) is 0 Å². The van der Waals surface area contributed by atoms with E-state index in [1.165, 1.54) is 13.2 Å². The first-order chi connectivity index (χ1) is 15.2. The molecule has 1 fully saturated rings. The van der Waals surface area contributed by atoms with Crippen molar-refractivity contribution in [2.45, 2.75) is 58.1 Å². The Labute approximate surface area is 187 Å². The van der Waals surface area contributed by atoms with E-state index >= 15 is 0 Å². The maximum absolute atomic E-state index is 13.1. The predicted molar refractivity (Wildman–Crippen MR) is 121 cm³/mol. The molecule has 10 heteroatoms. The van der Waals surface area contributed by atoms with Gasteiger partial charge in [-0.05, 0) is 32.8 Å². The van der Waals surface area contributed by atoms with Crippen molar-refractivity contribution in [1.82, 2.24) is 9.97 Å². The summed E-state index contributed by atoms with van der Waals surface area (Å²) in [5, 5.41) is 14.4. The molecule has 1 unspecified atom stereocenters. The average molecular weight is 443 g/mol. The van der Waals surface area contributed by atoms with Gasteiger partial charge >= 0.3 is 0 Å². The van der Waals surface area contributed by atoms with E-state index in [0.29, 0.717) is 35.7 Å². The van der Waals surface area contributed by atoms with Gasteiger partial charge in [-0.2, -0.15) is 4.98 Å². The normalized spacial score (nSPS) is 23.4. The van der Waals surface area contributed by atoms with E-state index in [9.17, 15) is 14.9 Å². The van der Waals surface area contributed by atoms with Crippen LogP contribution < -0.4 is 15.1 Å². The fraction of sp³-hybridized carbons (Fsp3) is 0.591. The molecule has 2 aliphatic carbocycles. The van der Waals surface area contributed by atoms with Gasteiger partial charge in [0.25, 0.3) is 5.70 Å². The fourth-order valence-corrected chi connectivity index (χ4v) is 4.76. The Bertz CT molecular complexity index is 983. The van der Waals surface area contributed by atoms with Crippen LogP contribution >= 0.6 is 0 Å². The number of anilines is 3. The molecule has 0 spiro atoms. The monoisotopic (exact) mass is 442 g/mol. The Hall–Kier alpha value is -3.01. The number of allylic oxidation sites excluding steroid dienone is 1. The summed E-state index contributed by atoms with van der Waals surface area (Å²) < 4.78 is 5.33. The minimum absolute atomic E-state index is 0.0278. The first kappa shape index (κ1) is 22.2. The molecule has 0 bridgehead atoms. The summed E-state index contributed by atoms with van der Waals surface area (Å²) >= 11 is 0. The highest BCUT2D eigenvalue weighted by atomic mass is 16.6. The lowest BCUT2D eigenvalue weighted by Gasteiger charge is -2.34. The Kier molecular flexibility index (Phi) is 5.89. The molecule has 3 aliphatic rings. The number of aromatic nitrogens is 2. The number of rotatable bonds is 5. The molecule has 1 atom stereocenters. The lowest BCUT2D eigenvalue weighted by atomic mass is 9.91. The zero-order valence-corrected chi connectivity index (χ0v) is 19.0. The maximum atomic E-state index is 13.1. The number of nitrogens with zero attached hydrogens (tertiary/aromatic N) is 5. The number of hydrogen-bond donors (Lipinski definition) is 1. The molecule has 172 valence electrons. The van der Waals surface area contributed by atoms with Gasteiger partial charge in [0.05, 0.1) is 29.1 Å². The van der Waals surface area contributed by atoms with Gasteiger partial charge in [0, 0.05) is 38.5 Å². The van der Waals surface area contributed by atoms with Crippen LogP contribution in [0.25, 0.3) is 0 Å². The topological polar surface area (TPSA) is 114 Å². The van der Waals surface area contributed by atoms with Crippen molar-refractivity contribution < 1.29 is 14.5 Å². The fourth-order valence-electron chi connectivity index (χ4n) is 4.76. The molecule has 4 rings (SSSR count). The van der Waals surface area contributed by atoms with Crippen LogP contribution in [0.15, 0.2) is 29.7 Å². The van der Waals surface area contributed by atoms with Gasteiger partial charge < -0.3 is 19.9 Å². The number of fused-ring (bicyclic) bond motifs is 1. The molecule has 1 aromatic rings. The number of methoxy groups -OCH3 is 1. The van der Waals surface area contributed by atoms with Crippen molar-refractivity contribution in [3.05, 3.63) is 39.9 Å². The SMILES string of the molecule is COC1C=C(Nc2ncc3c(n2)N(C2CCCC2)CC(C)(C)C(=O)N3C)C=C([N+](=O)[O-])C1. The lowest BCUT2D eigenvalue weighted by molar-refractivity contribution is -0.429. The van der Waals surface area contributed by atoms with Crippen LogP contribution in [0.3, 0.4) is 0 Å². The molecule has 2 heterocycles. The Morgan fingerprint density at radius 3 is 2.69 bits per heavy atom. The van der Waals surface area contributed by atoms with Crippen molar-refractivity contribution in [3.63, 3.8) is 0 Å². The second-order valence-corrected chi connectivity index (χ2v) is 9.33. The van der Waals surface area contributed by atoms with Gasteiger partial charge in [0.15, 0.2) is 5.82 Å². The molecule has 1 aliphatic heterocycles. The van der Waals surface area contributed by atoms with E-state index in [1.807, 2.05) is 13.8 Å². The smallest absolute Gasteiger partial charge is 0.251 e. The second kappa shape index (κ2) is 8.50. The molecule has 1 amide bonds. The van der Waals surface area contributed by atoms with Crippen LogP contribution in [0.2, 0.25) is 0 Å². The molecule has 1 saturated carbocycles. The van der Waals surface area contributed by atoms with Crippen molar-refractivity contribution in [1.29, 1.82) is 0 Å². The summed E-state index contributed by atoms with van der Waals surface area (Å²) in [6.45, 7) is 4.51. The van der Waals surface area contributed by atoms with Gasteiger partial charge in [0.2, 0.25) is 11.9 Å². The van der Waals surface area contributed by atoms with Crippen LogP contribution in [-0.2, 0) is 9.53 Å². The van der Waals surface area contributed by atoms with Gasteiger partial charge in [0.1, 0.15) is 5.69 Å². The van der Waals surface area contributed by atoms with Crippen molar-refractivity contribution in [2.24, 2.45) is 5.41 Å². The third kappa shape index (κ3) is 4.19. The summed E-state index contributed by atoms with van der Waals surface area (Å²) in [5.41, 5.74) is 0.691. The third-order valence-corrected chi connectivity index (χ3v) is 6.49. The molecular formula is C22H30N6O4. The number of carbonyl (C=O) groups is 1. The molecule has 10 nitrogen and oxygen atoms in total. The van der Waals surface area contributed by atoms with Gasteiger partial charge in [-0.1, -0.05) is 12.8 Å². The number of nitro groups is 1. The third-order valence-electron chi connectivity index (χ3n) is 6.49. The Morgan fingerprint density at radius 2 is 2.03 bits per heavy atom. The lowest BCUT2D eigenvalue weighted by Crippen LogP contribution is -2.45. The van der Waals surface area contributed by atoms with E-state index in [1.54, 1.807) is 24.2 Å². The van der Waals surface area contributed by atoms with E-state index in [2.05, 4.69) is 15.2 Å². The van der Waals surface area contributed by atoms with E-state index in [4.69, 9.17) is 9.72 Å². The average Bonchev–Trinajstić information content (AvgIpc) is 3.28. The number of ether oxygens (including phenoxy) is 1. The first-order valence-electron chi connectivity index (χ1n) is 11.0. The molecule has 1 aromatic heterocycles. The van der Waals surface area contributed by atoms with Gasteiger partial charge in [-0.25, -0.2) is 4.98 Å². The quantitative estimate of drug-likeness (QED) is 0.547. The zero-order chi connectivity index (χ0) is 23.0. The van der Waals surface area contributed by atoms with Crippen LogP contribution in [0.4, 0.5) is 17.5 Å². The number of hydrogen-bond acceptors (Lipinski definition) is 8. The minimum atomic E-state index is -0.563. The Morgan fingerprint density at radius 1 is 1.31 bits per heavy atom. The predicted octanol–water partition coefficient (Wildman–Crippen LogP) is 3.10. The summed E-state index contributed by atoms with van der Waals surface area (Å²) in [7, 11) is 3.28. The van der Waals surface area contributed by atoms with Crippen LogP contribution in [0, 0.1) is 15.5 Å². The van der Waals surface area contributed by atoms with Crippen LogP contribution in [-0.4, -0.2) is 53.6 Å². The maximum Gasteiger partial charge on any atom is 0.251 e.